The van der Waals surface area contributed by atoms with Gasteiger partial charge < -0.3 is 0 Å². The van der Waals surface area contributed by atoms with Crippen molar-refractivity contribution in [1.29, 1.82) is 0 Å². The van der Waals surface area contributed by atoms with Crippen LogP contribution in [0.25, 0.3) is 0 Å². The van der Waals surface area contributed by atoms with Crippen LogP contribution < -0.4 is 0 Å². The molecule has 0 unspecified atom stereocenters. The number of hydrogen-bond acceptors (Lipinski definition) is 0. The Morgan fingerprint density at radius 3 is 0.889 bits per heavy atom. The fourth-order valence-electron chi connectivity index (χ4n) is 4.02. The Labute approximate surface area is 102 Å². The minimum absolute atomic E-state index is 0.247. The second-order valence-corrected chi connectivity index (χ2v) is 5.57. The van der Waals surface area contributed by atoms with Gasteiger partial charge in [-0.1, -0.05) is 25.7 Å². The highest BCUT2D eigenvalue weighted by Gasteiger charge is 2.75. The number of hydrogen-bond donors (Lipinski definition) is 0. The molecule has 2 saturated carbocycles. The van der Waals surface area contributed by atoms with Crippen LogP contribution in [-0.4, -0.2) is 12.4 Å². The fourth-order valence-corrected chi connectivity index (χ4v) is 4.02. The van der Waals surface area contributed by atoms with E-state index in [4.69, 9.17) is 0 Å². The van der Waals surface area contributed by atoms with Crippen molar-refractivity contribution in [2.45, 2.75) is 63.7 Å². The van der Waals surface area contributed by atoms with Crippen molar-refractivity contribution in [3.05, 3.63) is 0 Å². The predicted octanol–water partition coefficient (Wildman–Crippen LogP) is 5.23. The van der Waals surface area contributed by atoms with Gasteiger partial charge >= 0.3 is 12.4 Å². The molecule has 106 valence electrons. The largest absolute Gasteiger partial charge is 0.395 e. The van der Waals surface area contributed by atoms with Gasteiger partial charge in [0.25, 0.3) is 0 Å². The van der Waals surface area contributed by atoms with Gasteiger partial charge in [0, 0.05) is 0 Å². The van der Waals surface area contributed by atoms with Crippen LogP contribution in [0, 0.1) is 10.8 Å². The monoisotopic (exact) mass is 274 g/mol. The third-order valence-electron chi connectivity index (χ3n) is 4.92. The van der Waals surface area contributed by atoms with Crippen LogP contribution in [0.5, 0.6) is 0 Å². The van der Waals surface area contributed by atoms with Crippen molar-refractivity contribution >= 4 is 0 Å². The summed E-state index contributed by atoms with van der Waals surface area (Å²) in [6.45, 7) is 0. The van der Waals surface area contributed by atoms with Crippen molar-refractivity contribution < 1.29 is 26.3 Å². The molecular formula is C12H16F6. The average molecular weight is 274 g/mol. The standard InChI is InChI=1S/C12H16F6/c13-11(14,15)9-5-1-2-6-10(9,12(16,17)18)8-4-3-7-9/h1-8H2. The highest BCUT2D eigenvalue weighted by molar-refractivity contribution is 5.09. The molecule has 0 nitrogen and oxygen atoms in total. The smallest absolute Gasteiger partial charge is 0.170 e. The van der Waals surface area contributed by atoms with Gasteiger partial charge in [-0.05, 0) is 25.7 Å². The lowest BCUT2D eigenvalue weighted by Crippen LogP contribution is -2.61. The lowest BCUT2D eigenvalue weighted by molar-refractivity contribution is -0.365. The summed E-state index contributed by atoms with van der Waals surface area (Å²) >= 11 is 0. The molecule has 0 spiro atoms. The van der Waals surface area contributed by atoms with E-state index in [2.05, 4.69) is 0 Å². The zero-order valence-electron chi connectivity index (χ0n) is 9.92. The van der Waals surface area contributed by atoms with Gasteiger partial charge in [-0.2, -0.15) is 26.3 Å². The van der Waals surface area contributed by atoms with E-state index in [1.54, 1.807) is 0 Å². The fraction of sp³-hybridized carbons (Fsp3) is 1.00. The molecule has 0 heterocycles. The van der Waals surface area contributed by atoms with E-state index in [9.17, 15) is 26.3 Å². The topological polar surface area (TPSA) is 0 Å². The summed E-state index contributed by atoms with van der Waals surface area (Å²) in [7, 11) is 0. The van der Waals surface area contributed by atoms with Crippen LogP contribution in [0.1, 0.15) is 51.4 Å². The molecule has 2 aliphatic rings. The Morgan fingerprint density at radius 1 is 0.500 bits per heavy atom. The van der Waals surface area contributed by atoms with E-state index in [1.807, 2.05) is 0 Å². The molecule has 0 N–H and O–H groups in total. The number of fused-ring (bicyclic) bond motifs is 1. The summed E-state index contributed by atoms with van der Waals surface area (Å²) in [5.41, 5.74) is -5.07. The Bertz CT molecular complexity index is 270. The maximum atomic E-state index is 13.3. The van der Waals surface area contributed by atoms with Crippen molar-refractivity contribution in [1.82, 2.24) is 0 Å². The van der Waals surface area contributed by atoms with Gasteiger partial charge in [0.2, 0.25) is 0 Å². The summed E-state index contributed by atoms with van der Waals surface area (Å²) in [5, 5.41) is 0. The van der Waals surface area contributed by atoms with Crippen LogP contribution in [0.15, 0.2) is 0 Å². The first-order valence-electron chi connectivity index (χ1n) is 6.30. The lowest BCUT2D eigenvalue weighted by Gasteiger charge is -2.57. The van der Waals surface area contributed by atoms with E-state index in [0.29, 0.717) is 0 Å². The average Bonchev–Trinajstić information content (AvgIpc) is 2.26. The highest BCUT2D eigenvalue weighted by atomic mass is 19.4. The second kappa shape index (κ2) is 4.04. The number of rotatable bonds is 0. The third-order valence-corrected chi connectivity index (χ3v) is 4.92. The molecule has 0 amide bonds. The maximum Gasteiger partial charge on any atom is 0.395 e. The minimum Gasteiger partial charge on any atom is -0.170 e. The zero-order valence-corrected chi connectivity index (χ0v) is 9.92. The van der Waals surface area contributed by atoms with Crippen LogP contribution in [0.3, 0.4) is 0 Å². The molecule has 2 rings (SSSR count). The second-order valence-electron chi connectivity index (χ2n) is 5.57. The molecule has 0 aromatic heterocycles. The third kappa shape index (κ3) is 1.67. The molecule has 6 heteroatoms. The Kier molecular flexibility index (Phi) is 3.14. The molecule has 2 fully saturated rings. The van der Waals surface area contributed by atoms with Gasteiger partial charge in [-0.25, -0.2) is 0 Å². The molecule has 0 radical (unpaired) electrons. The van der Waals surface area contributed by atoms with Gasteiger partial charge in [0.15, 0.2) is 0 Å². The van der Waals surface area contributed by atoms with Crippen LogP contribution in [0.2, 0.25) is 0 Å². The molecule has 0 bridgehead atoms. The van der Waals surface area contributed by atoms with Crippen LogP contribution >= 0.6 is 0 Å². The van der Waals surface area contributed by atoms with Crippen molar-refractivity contribution in [2.24, 2.45) is 10.8 Å². The Morgan fingerprint density at radius 2 is 0.722 bits per heavy atom. The van der Waals surface area contributed by atoms with Gasteiger partial charge in [-0.3, -0.25) is 0 Å². The molecule has 0 saturated heterocycles. The minimum atomic E-state index is -4.76. The van der Waals surface area contributed by atoms with Crippen molar-refractivity contribution in [3.63, 3.8) is 0 Å². The molecule has 18 heavy (non-hydrogen) atoms. The first-order valence-corrected chi connectivity index (χ1v) is 6.30. The van der Waals surface area contributed by atoms with Crippen molar-refractivity contribution in [3.8, 4) is 0 Å². The number of halogens is 6. The van der Waals surface area contributed by atoms with Crippen molar-refractivity contribution in [2.75, 3.05) is 0 Å². The maximum absolute atomic E-state index is 13.3. The van der Waals surface area contributed by atoms with E-state index >= 15 is 0 Å². The summed E-state index contributed by atoms with van der Waals surface area (Å²) in [6, 6.07) is 0. The Hall–Kier alpha value is -0.420. The molecule has 0 atom stereocenters. The van der Waals surface area contributed by atoms with Crippen LogP contribution in [-0.2, 0) is 0 Å². The summed E-state index contributed by atoms with van der Waals surface area (Å²) < 4.78 is 80.1. The molecule has 2 aliphatic carbocycles. The highest BCUT2D eigenvalue weighted by Crippen LogP contribution is 2.70. The van der Waals surface area contributed by atoms with Crippen LogP contribution in [0.4, 0.5) is 26.3 Å². The van der Waals surface area contributed by atoms with Gasteiger partial charge in [0.1, 0.15) is 0 Å². The quantitative estimate of drug-likeness (QED) is 0.530. The predicted molar refractivity (Wildman–Crippen MR) is 53.9 cm³/mol. The normalized spacial score (nSPS) is 38.3. The Balaban J connectivity index is 2.55. The molecule has 0 aromatic rings. The number of alkyl halides is 6. The van der Waals surface area contributed by atoms with Gasteiger partial charge in [-0.15, -0.1) is 0 Å². The van der Waals surface area contributed by atoms with E-state index in [0.717, 1.165) is 0 Å². The first-order chi connectivity index (χ1) is 8.16. The molecule has 0 aliphatic heterocycles. The summed E-state index contributed by atoms with van der Waals surface area (Å²) in [4.78, 5) is 0. The van der Waals surface area contributed by atoms with Gasteiger partial charge in [0.05, 0.1) is 10.8 Å². The SMILES string of the molecule is FC(F)(F)C12CCCCC1(C(F)(F)F)CCCC2. The molecular weight excluding hydrogens is 258 g/mol. The first kappa shape index (κ1) is 14.0. The van der Waals surface area contributed by atoms with E-state index in [-0.39, 0.29) is 51.4 Å². The summed E-state index contributed by atoms with van der Waals surface area (Å²) in [5.74, 6) is 0. The zero-order chi connectivity index (χ0) is 13.7. The molecule has 0 aromatic carbocycles. The van der Waals surface area contributed by atoms with E-state index < -0.39 is 23.2 Å². The summed E-state index contributed by atoms with van der Waals surface area (Å²) in [6.07, 6.45) is -9.99. The lowest BCUT2D eigenvalue weighted by atomic mass is 9.49. The van der Waals surface area contributed by atoms with E-state index in [1.165, 1.54) is 0 Å².